The van der Waals surface area contributed by atoms with E-state index in [0.29, 0.717) is 11.4 Å². The lowest BCUT2D eigenvalue weighted by Crippen LogP contribution is -2.58. The molecule has 36 heavy (non-hydrogen) atoms. The van der Waals surface area contributed by atoms with Crippen molar-refractivity contribution in [2.75, 3.05) is 5.75 Å². The molecule has 0 bridgehead atoms. The number of nitrogens with two attached hydrogens (primary N) is 1. The Morgan fingerprint density at radius 1 is 0.861 bits per heavy atom. The van der Waals surface area contributed by atoms with Crippen LogP contribution in [0.15, 0.2) is 25.0 Å². The van der Waals surface area contributed by atoms with Gasteiger partial charge >= 0.3 is 11.9 Å². The van der Waals surface area contributed by atoms with E-state index in [1.54, 1.807) is 0 Å². The molecule has 0 aliphatic heterocycles. The predicted molar refractivity (Wildman–Crippen MR) is 127 cm³/mol. The highest BCUT2D eigenvalue weighted by Crippen LogP contribution is 2.06. The number of nitrogens with zero attached hydrogens (tertiary/aromatic N) is 2. The fourth-order valence-electron chi connectivity index (χ4n) is 3.08. The Balaban J connectivity index is 2.20. The number of carboxylic acids is 2. The number of amides is 3. The molecule has 15 nitrogen and oxygen atoms in total. The van der Waals surface area contributed by atoms with E-state index in [9.17, 15) is 29.1 Å². The molecular weight excluding hydrogens is 496 g/mol. The van der Waals surface area contributed by atoms with Crippen LogP contribution < -0.4 is 21.7 Å². The van der Waals surface area contributed by atoms with Gasteiger partial charge < -0.3 is 41.9 Å². The Morgan fingerprint density at radius 3 is 1.83 bits per heavy atom. The first-order chi connectivity index (χ1) is 17.1. The zero-order valence-electron chi connectivity index (χ0n) is 19.0. The number of H-pyrrole nitrogens is 2. The average Bonchev–Trinajstić information content (AvgIpc) is 3.54. The maximum atomic E-state index is 13.1. The van der Waals surface area contributed by atoms with Crippen LogP contribution in [-0.4, -0.2) is 89.7 Å². The van der Waals surface area contributed by atoms with E-state index in [-0.39, 0.29) is 25.0 Å². The van der Waals surface area contributed by atoms with Gasteiger partial charge in [-0.25, -0.2) is 14.8 Å². The molecule has 0 aliphatic carbocycles. The second-order valence-corrected chi connectivity index (χ2v) is 8.17. The van der Waals surface area contributed by atoms with E-state index in [2.05, 4.69) is 48.5 Å². The molecule has 9 N–H and O–H groups in total. The molecule has 0 radical (unpaired) electrons. The number of imidazole rings is 2. The summed E-state index contributed by atoms with van der Waals surface area (Å²) in [5.74, 6) is -4.92. The number of rotatable bonds is 15. The second kappa shape index (κ2) is 13.8. The normalized spacial score (nSPS) is 14.2. The van der Waals surface area contributed by atoms with E-state index in [1.165, 1.54) is 25.0 Å². The molecule has 0 spiro atoms. The van der Waals surface area contributed by atoms with Gasteiger partial charge in [0.15, 0.2) is 0 Å². The molecule has 0 saturated heterocycles. The number of aliphatic carboxylic acids is 2. The summed E-state index contributed by atoms with van der Waals surface area (Å²) in [6.45, 7) is 0. The van der Waals surface area contributed by atoms with Gasteiger partial charge in [-0.15, -0.1) is 0 Å². The van der Waals surface area contributed by atoms with Crippen LogP contribution in [-0.2, 0) is 36.8 Å². The summed E-state index contributed by atoms with van der Waals surface area (Å²) in [6, 6.07) is -4.99. The maximum Gasteiger partial charge on any atom is 0.326 e. The first kappa shape index (κ1) is 28.3. The number of nitrogens with one attached hydrogen (secondary N) is 5. The van der Waals surface area contributed by atoms with Gasteiger partial charge in [0.25, 0.3) is 0 Å². The van der Waals surface area contributed by atoms with Crippen LogP contribution in [0.25, 0.3) is 0 Å². The van der Waals surface area contributed by atoms with Gasteiger partial charge in [0.1, 0.15) is 18.1 Å². The van der Waals surface area contributed by atoms with Gasteiger partial charge in [0.2, 0.25) is 17.7 Å². The highest BCUT2D eigenvalue weighted by molar-refractivity contribution is 7.80. The molecule has 0 aromatic carbocycles. The average molecular weight is 525 g/mol. The Bertz CT molecular complexity index is 1030. The molecule has 2 rings (SSSR count). The minimum absolute atomic E-state index is 0.0170. The fourth-order valence-corrected chi connectivity index (χ4v) is 3.25. The van der Waals surface area contributed by atoms with E-state index in [1.807, 2.05) is 0 Å². The number of thiol groups is 1. The molecule has 2 aromatic rings. The molecular formula is C20H28N8O7S. The molecule has 3 amide bonds. The smallest absolute Gasteiger partial charge is 0.326 e. The van der Waals surface area contributed by atoms with Crippen LogP contribution in [0.3, 0.4) is 0 Å². The predicted octanol–water partition coefficient (Wildman–Crippen LogP) is -2.42. The Morgan fingerprint density at radius 2 is 1.36 bits per heavy atom. The number of carbonyl (C=O) groups excluding carboxylic acids is 3. The third kappa shape index (κ3) is 9.03. The lowest BCUT2D eigenvalue weighted by molar-refractivity contribution is -0.142. The van der Waals surface area contributed by atoms with Crippen molar-refractivity contribution in [3.63, 3.8) is 0 Å². The minimum Gasteiger partial charge on any atom is -0.481 e. The summed E-state index contributed by atoms with van der Waals surface area (Å²) in [4.78, 5) is 74.2. The number of hydrogen-bond donors (Lipinski definition) is 9. The summed E-state index contributed by atoms with van der Waals surface area (Å²) < 4.78 is 0. The van der Waals surface area contributed by atoms with Crippen molar-refractivity contribution in [1.29, 1.82) is 0 Å². The van der Waals surface area contributed by atoms with Gasteiger partial charge in [0, 0.05) is 48.8 Å². The molecule has 4 unspecified atom stereocenters. The minimum atomic E-state index is -1.34. The molecule has 0 aliphatic rings. The first-order valence-electron chi connectivity index (χ1n) is 10.8. The molecule has 4 atom stereocenters. The molecule has 0 saturated carbocycles. The summed E-state index contributed by atoms with van der Waals surface area (Å²) in [5, 5.41) is 25.8. The number of carboxylic acid groups (broad SMARTS) is 2. The molecule has 2 heterocycles. The van der Waals surface area contributed by atoms with Crippen molar-refractivity contribution in [3.8, 4) is 0 Å². The van der Waals surface area contributed by atoms with Crippen LogP contribution >= 0.6 is 12.6 Å². The first-order valence-corrected chi connectivity index (χ1v) is 11.4. The SMILES string of the molecule is NC(CS)C(=O)NC(CCC(=O)O)C(=O)NC(Cc1cnc[nH]1)C(=O)NC(Cc1cnc[nH]1)C(=O)O. The van der Waals surface area contributed by atoms with Crippen molar-refractivity contribution in [2.45, 2.75) is 49.9 Å². The Hall–Kier alpha value is -3.92. The summed E-state index contributed by atoms with van der Waals surface area (Å²) in [7, 11) is 0. The summed E-state index contributed by atoms with van der Waals surface area (Å²) in [5.41, 5.74) is 6.55. The van der Waals surface area contributed by atoms with Gasteiger partial charge in [0.05, 0.1) is 18.7 Å². The van der Waals surface area contributed by atoms with Crippen LogP contribution in [0.4, 0.5) is 0 Å². The number of aromatic amines is 2. The lowest BCUT2D eigenvalue weighted by Gasteiger charge is -2.24. The standard InChI is InChI=1S/C20H28N8O7S/c21-12(7-36)17(31)26-13(1-2-16(29)30)18(32)27-14(3-10-5-22-8-24-10)19(33)28-15(20(34)35)4-11-6-23-9-25-11/h5-6,8-9,12-15,36H,1-4,7,21H2,(H,22,24)(H,23,25)(H,26,31)(H,27,32)(H,28,33)(H,29,30)(H,34,35). The zero-order chi connectivity index (χ0) is 26.7. The van der Waals surface area contributed by atoms with Crippen molar-refractivity contribution in [1.82, 2.24) is 35.9 Å². The monoisotopic (exact) mass is 524 g/mol. The molecule has 16 heteroatoms. The number of carbonyl (C=O) groups is 5. The Kier molecular flexibility index (Phi) is 10.9. The Labute approximate surface area is 210 Å². The van der Waals surface area contributed by atoms with Crippen molar-refractivity contribution in [3.05, 3.63) is 36.4 Å². The van der Waals surface area contributed by atoms with E-state index >= 15 is 0 Å². The lowest BCUT2D eigenvalue weighted by atomic mass is 10.1. The van der Waals surface area contributed by atoms with Crippen LogP contribution in [0.1, 0.15) is 24.2 Å². The maximum absolute atomic E-state index is 13.1. The summed E-state index contributed by atoms with van der Waals surface area (Å²) in [6.07, 6.45) is 4.65. The van der Waals surface area contributed by atoms with Crippen LogP contribution in [0, 0.1) is 0 Å². The third-order valence-electron chi connectivity index (χ3n) is 5.02. The van der Waals surface area contributed by atoms with E-state index in [0.717, 1.165) is 0 Å². The van der Waals surface area contributed by atoms with Gasteiger partial charge in [-0.3, -0.25) is 19.2 Å². The van der Waals surface area contributed by atoms with E-state index in [4.69, 9.17) is 10.8 Å². The second-order valence-electron chi connectivity index (χ2n) is 7.81. The number of hydrogen-bond acceptors (Lipinski definition) is 9. The highest BCUT2D eigenvalue weighted by atomic mass is 32.1. The fraction of sp³-hybridized carbons (Fsp3) is 0.450. The topological polar surface area (TPSA) is 245 Å². The molecule has 2 aromatic heterocycles. The van der Waals surface area contributed by atoms with Crippen molar-refractivity contribution >= 4 is 42.3 Å². The zero-order valence-corrected chi connectivity index (χ0v) is 19.9. The molecule has 0 fully saturated rings. The van der Waals surface area contributed by atoms with Gasteiger partial charge in [-0.1, -0.05) is 0 Å². The van der Waals surface area contributed by atoms with Gasteiger partial charge in [-0.05, 0) is 6.42 Å². The number of aromatic nitrogens is 4. The van der Waals surface area contributed by atoms with Gasteiger partial charge in [-0.2, -0.15) is 12.6 Å². The van der Waals surface area contributed by atoms with Crippen LogP contribution in [0.5, 0.6) is 0 Å². The largest absolute Gasteiger partial charge is 0.481 e. The summed E-state index contributed by atoms with van der Waals surface area (Å²) >= 11 is 3.93. The molecule has 196 valence electrons. The highest BCUT2D eigenvalue weighted by Gasteiger charge is 2.31. The third-order valence-corrected chi connectivity index (χ3v) is 5.41. The van der Waals surface area contributed by atoms with E-state index < -0.39 is 60.2 Å². The van der Waals surface area contributed by atoms with Crippen LogP contribution in [0.2, 0.25) is 0 Å². The quantitative estimate of drug-likeness (QED) is 0.112. The van der Waals surface area contributed by atoms with Crippen molar-refractivity contribution in [2.24, 2.45) is 5.73 Å². The van der Waals surface area contributed by atoms with Crippen molar-refractivity contribution < 1.29 is 34.2 Å².